The number of rotatable bonds is 9. The fraction of sp³-hybridized carbons (Fsp3) is 1.00. The molecule has 0 saturated heterocycles. The second-order valence-electron chi connectivity index (χ2n) is 7.74. The quantitative estimate of drug-likeness (QED) is 0.601. The van der Waals surface area contributed by atoms with Gasteiger partial charge in [0.15, 0.2) is 0 Å². The van der Waals surface area contributed by atoms with E-state index >= 15 is 0 Å². The first-order chi connectivity index (χ1) is 8.82. The summed E-state index contributed by atoms with van der Waals surface area (Å²) in [6, 6.07) is 0.719. The third-order valence-corrected chi connectivity index (χ3v) is 6.13. The molecule has 1 heteroatoms. The second-order valence-corrected chi connectivity index (χ2v) is 7.74. The Morgan fingerprint density at radius 2 is 1.58 bits per heavy atom. The van der Waals surface area contributed by atoms with E-state index in [9.17, 15) is 0 Å². The van der Waals surface area contributed by atoms with Crippen molar-refractivity contribution in [3.8, 4) is 0 Å². The van der Waals surface area contributed by atoms with Crippen molar-refractivity contribution in [2.75, 3.05) is 6.54 Å². The van der Waals surface area contributed by atoms with Crippen molar-refractivity contribution in [3.63, 3.8) is 0 Å². The van der Waals surface area contributed by atoms with E-state index in [1.54, 1.807) is 0 Å². The van der Waals surface area contributed by atoms with Gasteiger partial charge in [-0.15, -0.1) is 0 Å². The highest BCUT2D eigenvalue weighted by Crippen LogP contribution is 2.70. The molecule has 2 atom stereocenters. The highest BCUT2D eigenvalue weighted by atomic mass is 15.0. The summed E-state index contributed by atoms with van der Waals surface area (Å²) >= 11 is 0. The minimum absolute atomic E-state index is 0.503. The zero-order valence-corrected chi connectivity index (χ0v) is 14.5. The van der Waals surface area contributed by atoms with E-state index < -0.39 is 0 Å². The molecule has 0 aromatic carbocycles. The number of hydrogen-bond acceptors (Lipinski definition) is 1. The molecular weight excluding hydrogens is 230 g/mol. The zero-order chi connectivity index (χ0) is 14.7. The van der Waals surface area contributed by atoms with Crippen LogP contribution < -0.4 is 5.32 Å². The van der Waals surface area contributed by atoms with Crippen LogP contribution in [0.25, 0.3) is 0 Å². The van der Waals surface area contributed by atoms with Gasteiger partial charge >= 0.3 is 0 Å². The maximum Gasteiger partial charge on any atom is 0.0108 e. The average Bonchev–Trinajstić information content (AvgIpc) is 2.74. The van der Waals surface area contributed by atoms with Crippen molar-refractivity contribution in [2.24, 2.45) is 22.7 Å². The van der Waals surface area contributed by atoms with Crippen LogP contribution in [0.3, 0.4) is 0 Å². The van der Waals surface area contributed by atoms with E-state index in [0.717, 1.165) is 24.4 Å². The van der Waals surface area contributed by atoms with Crippen LogP contribution in [0.5, 0.6) is 0 Å². The molecule has 0 aromatic rings. The molecule has 0 radical (unpaired) electrons. The summed E-state index contributed by atoms with van der Waals surface area (Å²) in [5, 5.41) is 3.80. The molecule has 0 aliphatic heterocycles. The molecule has 114 valence electrons. The van der Waals surface area contributed by atoms with Gasteiger partial charge in [0.25, 0.3) is 0 Å². The van der Waals surface area contributed by atoms with E-state index in [0.29, 0.717) is 10.8 Å². The maximum absolute atomic E-state index is 3.80. The molecule has 1 fully saturated rings. The van der Waals surface area contributed by atoms with Crippen LogP contribution in [0.1, 0.15) is 80.6 Å². The lowest BCUT2D eigenvalue weighted by atomic mass is 9.88. The Bertz CT molecular complexity index is 253. The van der Waals surface area contributed by atoms with Gasteiger partial charge in [0.2, 0.25) is 0 Å². The molecule has 1 aliphatic rings. The van der Waals surface area contributed by atoms with Gasteiger partial charge in [-0.25, -0.2) is 0 Å². The molecule has 1 nitrogen and oxygen atoms in total. The van der Waals surface area contributed by atoms with Crippen molar-refractivity contribution in [1.29, 1.82) is 0 Å². The predicted octanol–water partition coefficient (Wildman–Crippen LogP) is 5.25. The number of unbranched alkanes of at least 4 members (excludes halogenated alkanes) is 1. The van der Waals surface area contributed by atoms with Crippen molar-refractivity contribution >= 4 is 0 Å². The monoisotopic (exact) mass is 267 g/mol. The van der Waals surface area contributed by atoms with E-state index in [2.05, 4.69) is 53.8 Å². The highest BCUT2D eigenvalue weighted by molar-refractivity contribution is 5.16. The van der Waals surface area contributed by atoms with Crippen LogP contribution in [0.2, 0.25) is 0 Å². The third-order valence-electron chi connectivity index (χ3n) is 6.13. The molecule has 0 amide bonds. The van der Waals surface area contributed by atoms with E-state index in [4.69, 9.17) is 0 Å². The lowest BCUT2D eigenvalue weighted by Gasteiger charge is -2.25. The highest BCUT2D eigenvalue weighted by Gasteiger charge is 2.66. The summed E-state index contributed by atoms with van der Waals surface area (Å²) in [6.07, 6.45) is 6.87. The van der Waals surface area contributed by atoms with Crippen molar-refractivity contribution in [3.05, 3.63) is 0 Å². The third kappa shape index (κ3) is 3.54. The standard InChI is InChI=1S/C18H37N/c1-8-11-12-14(9-2)13-15(19-10-3)16-17(4,5)18(16,6)7/h14-16,19H,8-13H2,1-7H3. The van der Waals surface area contributed by atoms with Gasteiger partial charge in [-0.1, -0.05) is 74.1 Å². The smallest absolute Gasteiger partial charge is 0.0108 e. The van der Waals surface area contributed by atoms with Crippen molar-refractivity contribution in [2.45, 2.75) is 86.6 Å². The van der Waals surface area contributed by atoms with Gasteiger partial charge < -0.3 is 5.32 Å². The summed E-state index contributed by atoms with van der Waals surface area (Å²) in [6.45, 7) is 17.8. The molecule has 2 unspecified atom stereocenters. The first-order valence-corrected chi connectivity index (χ1v) is 8.56. The summed E-state index contributed by atoms with van der Waals surface area (Å²) in [5.74, 6) is 1.76. The molecule has 0 heterocycles. The minimum Gasteiger partial charge on any atom is -0.314 e. The normalized spacial score (nSPS) is 24.2. The molecule has 1 rings (SSSR count). The molecule has 19 heavy (non-hydrogen) atoms. The maximum atomic E-state index is 3.80. The van der Waals surface area contributed by atoms with Crippen LogP contribution >= 0.6 is 0 Å². The van der Waals surface area contributed by atoms with Crippen LogP contribution in [0.4, 0.5) is 0 Å². The Hall–Kier alpha value is -0.0400. The van der Waals surface area contributed by atoms with E-state index in [1.807, 2.05) is 0 Å². The summed E-state index contributed by atoms with van der Waals surface area (Å²) in [5.41, 5.74) is 1.01. The van der Waals surface area contributed by atoms with Crippen LogP contribution in [0.15, 0.2) is 0 Å². The lowest BCUT2D eigenvalue weighted by Crippen LogP contribution is -2.35. The molecular formula is C18H37N. The zero-order valence-electron chi connectivity index (χ0n) is 14.5. The average molecular weight is 268 g/mol. The second kappa shape index (κ2) is 6.61. The Kier molecular flexibility index (Phi) is 5.92. The van der Waals surface area contributed by atoms with E-state index in [1.165, 1.54) is 32.1 Å². The fourth-order valence-electron chi connectivity index (χ4n) is 4.19. The molecule has 0 spiro atoms. The van der Waals surface area contributed by atoms with Gasteiger partial charge in [0.1, 0.15) is 0 Å². The SMILES string of the molecule is CCCCC(CC)CC(NCC)C1C(C)(C)C1(C)C. The molecule has 1 aliphatic carbocycles. The first-order valence-electron chi connectivity index (χ1n) is 8.56. The van der Waals surface area contributed by atoms with Crippen LogP contribution in [-0.4, -0.2) is 12.6 Å². The Morgan fingerprint density at radius 1 is 1.00 bits per heavy atom. The fourth-order valence-corrected chi connectivity index (χ4v) is 4.19. The lowest BCUT2D eigenvalue weighted by molar-refractivity contribution is 0.303. The molecule has 1 saturated carbocycles. The van der Waals surface area contributed by atoms with Gasteiger partial charge in [-0.2, -0.15) is 0 Å². The van der Waals surface area contributed by atoms with Crippen molar-refractivity contribution < 1.29 is 0 Å². The molecule has 1 N–H and O–H groups in total. The van der Waals surface area contributed by atoms with Gasteiger partial charge in [0, 0.05) is 6.04 Å². The molecule has 0 aromatic heterocycles. The van der Waals surface area contributed by atoms with Gasteiger partial charge in [-0.05, 0) is 35.6 Å². The predicted molar refractivity (Wildman–Crippen MR) is 86.4 cm³/mol. The topological polar surface area (TPSA) is 12.0 Å². The number of nitrogens with one attached hydrogen (secondary N) is 1. The largest absolute Gasteiger partial charge is 0.314 e. The summed E-state index contributed by atoms with van der Waals surface area (Å²) in [7, 11) is 0. The number of hydrogen-bond donors (Lipinski definition) is 1. The Balaban J connectivity index is 2.63. The van der Waals surface area contributed by atoms with Crippen LogP contribution in [-0.2, 0) is 0 Å². The first kappa shape index (κ1) is 17.0. The summed E-state index contributed by atoms with van der Waals surface area (Å²) in [4.78, 5) is 0. The Morgan fingerprint density at radius 3 is 1.95 bits per heavy atom. The minimum atomic E-state index is 0.503. The van der Waals surface area contributed by atoms with Gasteiger partial charge in [0.05, 0.1) is 0 Å². The summed E-state index contributed by atoms with van der Waals surface area (Å²) < 4.78 is 0. The Labute approximate surface area is 121 Å². The van der Waals surface area contributed by atoms with Crippen molar-refractivity contribution in [1.82, 2.24) is 5.32 Å². The van der Waals surface area contributed by atoms with Crippen LogP contribution in [0, 0.1) is 22.7 Å². The molecule has 0 bridgehead atoms. The van der Waals surface area contributed by atoms with Gasteiger partial charge in [-0.3, -0.25) is 0 Å². The van der Waals surface area contributed by atoms with E-state index in [-0.39, 0.29) is 0 Å².